The zero-order chi connectivity index (χ0) is 52.9. The average Bonchev–Trinajstić information content (AvgIpc) is 3.39. The van der Waals surface area contributed by atoms with E-state index in [2.05, 4.69) is 106 Å². The summed E-state index contributed by atoms with van der Waals surface area (Å²) in [4.78, 5) is 38.3. The predicted molar refractivity (Wildman–Crippen MR) is 316 cm³/mol. The molecular weight excluding hydrogens is 901 g/mol. The molecule has 420 valence electrons. The Morgan fingerprint density at radius 1 is 0.274 bits per heavy atom. The van der Waals surface area contributed by atoms with Crippen LogP contribution in [0.25, 0.3) is 0 Å². The van der Waals surface area contributed by atoms with Crippen molar-refractivity contribution in [1.29, 1.82) is 0 Å². The highest BCUT2D eigenvalue weighted by molar-refractivity contribution is 5.71. The molecule has 0 aromatic rings. The third-order valence-electron chi connectivity index (χ3n) is 13.3. The first-order valence-electron chi connectivity index (χ1n) is 31.1. The quantitative estimate of drug-likeness (QED) is 0.0261. The molecule has 0 aromatic heterocycles. The van der Waals surface area contributed by atoms with E-state index in [1.807, 2.05) is 0 Å². The van der Waals surface area contributed by atoms with Crippen LogP contribution in [0.1, 0.15) is 303 Å². The third kappa shape index (κ3) is 59.3. The summed E-state index contributed by atoms with van der Waals surface area (Å²) in [6.45, 7) is 6.57. The summed E-state index contributed by atoms with van der Waals surface area (Å²) in [7, 11) is 0. The first kappa shape index (κ1) is 69.6. The van der Waals surface area contributed by atoms with Crippen LogP contribution in [0.15, 0.2) is 85.1 Å². The molecule has 0 N–H and O–H groups in total. The Kier molecular flexibility index (Phi) is 58.3. The summed E-state index contributed by atoms with van der Waals surface area (Å²) in [5.41, 5.74) is 0. The van der Waals surface area contributed by atoms with E-state index in [-0.39, 0.29) is 31.1 Å². The Hall–Kier alpha value is -3.41. The maximum Gasteiger partial charge on any atom is 0.306 e. The van der Waals surface area contributed by atoms with Crippen molar-refractivity contribution in [1.82, 2.24) is 0 Å². The van der Waals surface area contributed by atoms with Gasteiger partial charge in [0.05, 0.1) is 0 Å². The Balaban J connectivity index is 4.39. The zero-order valence-corrected chi connectivity index (χ0v) is 48.1. The van der Waals surface area contributed by atoms with Crippen LogP contribution in [0.2, 0.25) is 0 Å². The highest BCUT2D eigenvalue weighted by Crippen LogP contribution is 2.15. The first-order chi connectivity index (χ1) is 36.0. The molecule has 0 aliphatic heterocycles. The predicted octanol–water partition coefficient (Wildman–Crippen LogP) is 21.1. The Bertz CT molecular complexity index is 1400. The van der Waals surface area contributed by atoms with Gasteiger partial charge in [-0.05, 0) is 116 Å². The fourth-order valence-corrected chi connectivity index (χ4v) is 8.61. The molecule has 0 spiro atoms. The molecule has 0 aromatic carbocycles. The number of rotatable bonds is 56. The van der Waals surface area contributed by atoms with E-state index < -0.39 is 6.10 Å². The van der Waals surface area contributed by atoms with Crippen molar-refractivity contribution in [3.05, 3.63) is 85.1 Å². The van der Waals surface area contributed by atoms with E-state index in [9.17, 15) is 14.4 Å². The molecule has 6 heteroatoms. The summed E-state index contributed by atoms with van der Waals surface area (Å²) in [6.07, 6.45) is 80.0. The molecule has 0 fully saturated rings. The second-order valence-electron chi connectivity index (χ2n) is 20.6. The van der Waals surface area contributed by atoms with E-state index in [0.717, 1.165) is 116 Å². The molecule has 0 heterocycles. The van der Waals surface area contributed by atoms with Gasteiger partial charge >= 0.3 is 17.9 Å². The molecule has 0 amide bonds. The molecular formula is C67H116O6. The lowest BCUT2D eigenvalue weighted by Gasteiger charge is -2.18. The smallest absolute Gasteiger partial charge is 0.306 e. The van der Waals surface area contributed by atoms with Crippen LogP contribution >= 0.6 is 0 Å². The SMILES string of the molecule is CCCC/C=C\C/C=C\CCCCCCCC(=O)OCC(COC(=O)CCCCCCCCCC/C=C\C/C=C\C/C=C\CCCCCCC)OC(=O)CCCCCCCCC/C=C\C/C=C\CCCCCC. The molecule has 1 atom stereocenters. The van der Waals surface area contributed by atoms with Crippen molar-refractivity contribution in [3.63, 3.8) is 0 Å². The van der Waals surface area contributed by atoms with Crippen molar-refractivity contribution in [2.24, 2.45) is 0 Å². The molecule has 0 radical (unpaired) electrons. The zero-order valence-electron chi connectivity index (χ0n) is 48.1. The number of carbonyl (C=O) groups is 3. The Morgan fingerprint density at radius 3 is 0.822 bits per heavy atom. The van der Waals surface area contributed by atoms with Crippen molar-refractivity contribution in [3.8, 4) is 0 Å². The number of unbranched alkanes of at least 4 members (excludes halogenated alkanes) is 31. The molecule has 1 unspecified atom stereocenters. The van der Waals surface area contributed by atoms with Gasteiger partial charge in [-0.1, -0.05) is 254 Å². The monoisotopic (exact) mass is 1020 g/mol. The number of carbonyl (C=O) groups excluding carboxylic acids is 3. The number of hydrogen-bond donors (Lipinski definition) is 0. The van der Waals surface area contributed by atoms with E-state index in [1.165, 1.54) is 148 Å². The van der Waals surface area contributed by atoms with Gasteiger partial charge in [0.15, 0.2) is 6.10 Å². The molecule has 6 nitrogen and oxygen atoms in total. The maximum absolute atomic E-state index is 12.9. The topological polar surface area (TPSA) is 78.9 Å². The fraction of sp³-hybridized carbons (Fsp3) is 0.746. The van der Waals surface area contributed by atoms with Gasteiger partial charge in [-0.25, -0.2) is 0 Å². The number of ether oxygens (including phenoxy) is 3. The number of allylic oxidation sites excluding steroid dienone is 14. The summed E-state index contributed by atoms with van der Waals surface area (Å²) < 4.78 is 16.9. The first-order valence-corrected chi connectivity index (χ1v) is 31.1. The second kappa shape index (κ2) is 61.1. The van der Waals surface area contributed by atoms with E-state index in [4.69, 9.17) is 14.2 Å². The summed E-state index contributed by atoms with van der Waals surface area (Å²) >= 11 is 0. The van der Waals surface area contributed by atoms with Crippen molar-refractivity contribution in [2.45, 2.75) is 309 Å². The van der Waals surface area contributed by atoms with E-state index >= 15 is 0 Å². The maximum atomic E-state index is 12.9. The van der Waals surface area contributed by atoms with Crippen LogP contribution in [0.3, 0.4) is 0 Å². The molecule has 0 rings (SSSR count). The van der Waals surface area contributed by atoms with E-state index in [1.54, 1.807) is 0 Å². The summed E-state index contributed by atoms with van der Waals surface area (Å²) in [5, 5.41) is 0. The summed E-state index contributed by atoms with van der Waals surface area (Å²) in [6, 6.07) is 0. The highest BCUT2D eigenvalue weighted by atomic mass is 16.6. The van der Waals surface area contributed by atoms with Gasteiger partial charge < -0.3 is 14.2 Å². The van der Waals surface area contributed by atoms with Gasteiger partial charge in [0.1, 0.15) is 13.2 Å². The lowest BCUT2D eigenvalue weighted by molar-refractivity contribution is -0.167. The van der Waals surface area contributed by atoms with Crippen LogP contribution in [0, 0.1) is 0 Å². The van der Waals surface area contributed by atoms with Gasteiger partial charge in [-0.15, -0.1) is 0 Å². The second-order valence-corrected chi connectivity index (χ2v) is 20.6. The van der Waals surface area contributed by atoms with E-state index in [0.29, 0.717) is 19.3 Å². The standard InChI is InChI=1S/C67H116O6/c1-4-7-10-13-16-19-22-25-28-30-32-33-34-35-36-38-39-42-45-48-51-54-57-60-66(69)72-63-64(62-71-65(68)59-56-53-50-47-44-41-27-24-21-18-15-12-9-6-3)73-67(70)61-58-55-52-49-46-43-40-37-31-29-26-23-20-17-14-11-8-5-2/h15,18,20,22-25,27,29-32,34-35,64H,4-14,16-17,19,21,26,28,33,36-63H2,1-3H3/b18-15-,23-20-,25-22-,27-24-,31-29-,32-30-,35-34-. The van der Waals surface area contributed by atoms with Crippen LogP contribution < -0.4 is 0 Å². The van der Waals surface area contributed by atoms with Gasteiger partial charge in [-0.3, -0.25) is 14.4 Å². The number of hydrogen-bond acceptors (Lipinski definition) is 6. The molecule has 0 aliphatic rings. The molecule has 0 saturated carbocycles. The van der Waals surface area contributed by atoms with Crippen molar-refractivity contribution >= 4 is 17.9 Å². The van der Waals surface area contributed by atoms with Crippen molar-refractivity contribution < 1.29 is 28.6 Å². The minimum atomic E-state index is -0.791. The van der Waals surface area contributed by atoms with Gasteiger partial charge in [-0.2, -0.15) is 0 Å². The Morgan fingerprint density at radius 2 is 0.507 bits per heavy atom. The molecule has 0 saturated heterocycles. The van der Waals surface area contributed by atoms with Gasteiger partial charge in [0.25, 0.3) is 0 Å². The van der Waals surface area contributed by atoms with Crippen molar-refractivity contribution in [2.75, 3.05) is 13.2 Å². The molecule has 73 heavy (non-hydrogen) atoms. The van der Waals surface area contributed by atoms with Crippen LogP contribution in [-0.2, 0) is 28.6 Å². The average molecular weight is 1020 g/mol. The van der Waals surface area contributed by atoms with Gasteiger partial charge in [0, 0.05) is 19.3 Å². The lowest BCUT2D eigenvalue weighted by Crippen LogP contribution is -2.30. The molecule has 0 bridgehead atoms. The minimum Gasteiger partial charge on any atom is -0.462 e. The summed E-state index contributed by atoms with van der Waals surface area (Å²) in [5.74, 6) is -0.908. The Labute approximate surface area is 452 Å². The van der Waals surface area contributed by atoms with Crippen LogP contribution in [0.5, 0.6) is 0 Å². The third-order valence-corrected chi connectivity index (χ3v) is 13.3. The fourth-order valence-electron chi connectivity index (χ4n) is 8.61. The lowest BCUT2D eigenvalue weighted by atomic mass is 10.1. The van der Waals surface area contributed by atoms with Crippen LogP contribution in [0.4, 0.5) is 0 Å². The van der Waals surface area contributed by atoms with Crippen LogP contribution in [-0.4, -0.2) is 37.2 Å². The largest absolute Gasteiger partial charge is 0.462 e. The highest BCUT2D eigenvalue weighted by Gasteiger charge is 2.19. The normalized spacial score (nSPS) is 12.6. The molecule has 0 aliphatic carbocycles. The van der Waals surface area contributed by atoms with Gasteiger partial charge in [0.2, 0.25) is 0 Å². The minimum absolute atomic E-state index is 0.0880. The number of esters is 3.